The van der Waals surface area contributed by atoms with E-state index in [-0.39, 0.29) is 0 Å². The molecular weight excluding hydrogens is 234 g/mol. The van der Waals surface area contributed by atoms with Crippen LogP contribution in [0.3, 0.4) is 0 Å². The average molecular weight is 255 g/mol. The molecule has 1 aromatic carbocycles. The fraction of sp³-hybridized carbons (Fsp3) is 0.375. The minimum atomic E-state index is 0.545. The Bertz CT molecular complexity index is 568. The molecule has 0 spiro atoms. The molecule has 0 aliphatic rings. The van der Waals surface area contributed by atoms with E-state index < -0.39 is 0 Å². The molecule has 0 radical (unpaired) electrons. The Hall–Kier alpha value is -1.90. The van der Waals surface area contributed by atoms with Crippen LogP contribution in [0, 0.1) is 19.8 Å². The van der Waals surface area contributed by atoms with Crippen LogP contribution in [0.4, 0.5) is 5.82 Å². The summed E-state index contributed by atoms with van der Waals surface area (Å²) in [6.45, 7) is 8.52. The molecule has 0 aliphatic heterocycles. The van der Waals surface area contributed by atoms with Gasteiger partial charge in [-0.15, -0.1) is 0 Å². The van der Waals surface area contributed by atoms with E-state index in [0.29, 0.717) is 11.7 Å². The zero-order valence-electron chi connectivity index (χ0n) is 12.1. The number of aryl methyl sites for hydroxylation is 2. The van der Waals surface area contributed by atoms with E-state index >= 15 is 0 Å². The molecule has 2 N–H and O–H groups in total. The Morgan fingerprint density at radius 2 is 1.74 bits per heavy atom. The van der Waals surface area contributed by atoms with E-state index in [0.717, 1.165) is 23.5 Å². The van der Waals surface area contributed by atoms with E-state index in [1.807, 2.05) is 6.07 Å². The Balaban J connectivity index is 2.53. The van der Waals surface area contributed by atoms with Crippen molar-refractivity contribution in [3.05, 3.63) is 41.1 Å². The second kappa shape index (κ2) is 5.39. The van der Waals surface area contributed by atoms with Crippen LogP contribution in [-0.2, 0) is 6.42 Å². The van der Waals surface area contributed by atoms with Crippen molar-refractivity contribution in [3.8, 4) is 11.4 Å². The van der Waals surface area contributed by atoms with Crippen molar-refractivity contribution in [3.63, 3.8) is 0 Å². The summed E-state index contributed by atoms with van der Waals surface area (Å²) in [6, 6.07) is 8.08. The van der Waals surface area contributed by atoms with Gasteiger partial charge in [0.05, 0.1) is 0 Å². The summed E-state index contributed by atoms with van der Waals surface area (Å²) in [6.07, 6.45) is 0.921. The van der Waals surface area contributed by atoms with Gasteiger partial charge < -0.3 is 5.73 Å². The Morgan fingerprint density at radius 1 is 1.11 bits per heavy atom. The molecule has 3 heteroatoms. The van der Waals surface area contributed by atoms with Crippen LogP contribution in [0.2, 0.25) is 0 Å². The zero-order chi connectivity index (χ0) is 14.0. The van der Waals surface area contributed by atoms with Crippen LogP contribution in [0.5, 0.6) is 0 Å². The van der Waals surface area contributed by atoms with Gasteiger partial charge in [-0.25, -0.2) is 9.97 Å². The smallest absolute Gasteiger partial charge is 0.162 e. The van der Waals surface area contributed by atoms with Crippen LogP contribution in [-0.4, -0.2) is 9.97 Å². The highest BCUT2D eigenvalue weighted by Gasteiger charge is 2.11. The van der Waals surface area contributed by atoms with Gasteiger partial charge in [-0.1, -0.05) is 32.0 Å². The molecule has 19 heavy (non-hydrogen) atoms. The van der Waals surface area contributed by atoms with E-state index in [1.165, 1.54) is 11.1 Å². The zero-order valence-corrected chi connectivity index (χ0v) is 12.1. The monoisotopic (exact) mass is 255 g/mol. The van der Waals surface area contributed by atoms with Crippen molar-refractivity contribution < 1.29 is 0 Å². The quantitative estimate of drug-likeness (QED) is 0.912. The van der Waals surface area contributed by atoms with Gasteiger partial charge in [0.2, 0.25) is 0 Å². The second-order valence-electron chi connectivity index (χ2n) is 5.47. The fourth-order valence-corrected chi connectivity index (χ4v) is 2.32. The third kappa shape index (κ3) is 3.11. The largest absolute Gasteiger partial charge is 0.384 e. The van der Waals surface area contributed by atoms with Gasteiger partial charge in [-0.2, -0.15) is 0 Å². The summed E-state index contributed by atoms with van der Waals surface area (Å²) in [5, 5.41) is 0. The molecule has 0 atom stereocenters. The van der Waals surface area contributed by atoms with Crippen molar-refractivity contribution in [2.45, 2.75) is 34.1 Å². The molecule has 100 valence electrons. The summed E-state index contributed by atoms with van der Waals surface area (Å²) in [5.41, 5.74) is 10.4. The maximum atomic E-state index is 5.92. The lowest BCUT2D eigenvalue weighted by molar-refractivity contribution is 0.635. The van der Waals surface area contributed by atoms with Gasteiger partial charge in [0.15, 0.2) is 5.82 Å². The maximum Gasteiger partial charge on any atom is 0.162 e. The normalized spacial score (nSPS) is 11.0. The van der Waals surface area contributed by atoms with Crippen molar-refractivity contribution >= 4 is 5.82 Å². The molecule has 0 bridgehead atoms. The maximum absolute atomic E-state index is 5.92. The van der Waals surface area contributed by atoms with Gasteiger partial charge in [0, 0.05) is 17.3 Å². The highest BCUT2D eigenvalue weighted by atomic mass is 14.9. The standard InChI is InChI=1S/C16H21N3/c1-10(2)8-13-9-14(17)19-16(18-13)15-11(3)6-5-7-12(15)4/h5-7,9-10H,8H2,1-4H3,(H2,17,18,19). The highest BCUT2D eigenvalue weighted by Crippen LogP contribution is 2.25. The van der Waals surface area contributed by atoms with Crippen molar-refractivity contribution in [1.82, 2.24) is 9.97 Å². The van der Waals surface area contributed by atoms with Crippen molar-refractivity contribution in [2.24, 2.45) is 5.92 Å². The first-order valence-corrected chi connectivity index (χ1v) is 6.67. The second-order valence-corrected chi connectivity index (χ2v) is 5.47. The third-order valence-electron chi connectivity index (χ3n) is 3.12. The molecule has 0 amide bonds. The summed E-state index contributed by atoms with van der Waals surface area (Å²) >= 11 is 0. The number of benzene rings is 1. The number of nitrogen functional groups attached to an aromatic ring is 1. The summed E-state index contributed by atoms with van der Waals surface area (Å²) in [5.74, 6) is 1.84. The Kier molecular flexibility index (Phi) is 3.84. The van der Waals surface area contributed by atoms with Crippen LogP contribution in [0.25, 0.3) is 11.4 Å². The molecule has 0 unspecified atom stereocenters. The number of nitrogens with zero attached hydrogens (tertiary/aromatic N) is 2. The molecule has 1 aromatic heterocycles. The number of anilines is 1. The molecular formula is C16H21N3. The number of hydrogen-bond donors (Lipinski definition) is 1. The molecule has 1 heterocycles. The SMILES string of the molecule is Cc1cccc(C)c1-c1nc(N)cc(CC(C)C)n1. The van der Waals surface area contributed by atoms with Gasteiger partial charge in [0.1, 0.15) is 5.82 Å². The van der Waals surface area contributed by atoms with E-state index in [2.05, 4.69) is 55.9 Å². The minimum Gasteiger partial charge on any atom is -0.384 e. The molecule has 0 saturated carbocycles. The Labute approximate surface area is 114 Å². The van der Waals surface area contributed by atoms with Crippen LogP contribution in [0.15, 0.2) is 24.3 Å². The lowest BCUT2D eigenvalue weighted by Crippen LogP contribution is -2.04. The minimum absolute atomic E-state index is 0.545. The predicted octanol–water partition coefficient (Wildman–Crippen LogP) is 3.54. The van der Waals surface area contributed by atoms with Gasteiger partial charge in [0.25, 0.3) is 0 Å². The van der Waals surface area contributed by atoms with Gasteiger partial charge in [-0.05, 0) is 37.3 Å². The summed E-state index contributed by atoms with van der Waals surface area (Å²) < 4.78 is 0. The first-order chi connectivity index (χ1) is 8.97. The topological polar surface area (TPSA) is 51.8 Å². The fourth-order valence-electron chi connectivity index (χ4n) is 2.32. The lowest BCUT2D eigenvalue weighted by Gasteiger charge is -2.11. The number of rotatable bonds is 3. The van der Waals surface area contributed by atoms with E-state index in [9.17, 15) is 0 Å². The first kappa shape index (κ1) is 13.5. The lowest BCUT2D eigenvalue weighted by atomic mass is 10.0. The summed E-state index contributed by atoms with van der Waals surface area (Å²) in [7, 11) is 0. The van der Waals surface area contributed by atoms with Gasteiger partial charge in [-0.3, -0.25) is 0 Å². The molecule has 0 aliphatic carbocycles. The van der Waals surface area contributed by atoms with E-state index in [1.54, 1.807) is 0 Å². The number of hydrogen-bond acceptors (Lipinski definition) is 3. The molecule has 0 fully saturated rings. The number of nitrogens with two attached hydrogens (primary N) is 1. The van der Waals surface area contributed by atoms with Crippen molar-refractivity contribution in [2.75, 3.05) is 5.73 Å². The van der Waals surface area contributed by atoms with Gasteiger partial charge >= 0.3 is 0 Å². The van der Waals surface area contributed by atoms with Crippen LogP contribution in [0.1, 0.15) is 30.7 Å². The molecule has 3 nitrogen and oxygen atoms in total. The molecule has 2 rings (SSSR count). The summed E-state index contributed by atoms with van der Waals surface area (Å²) in [4.78, 5) is 9.07. The third-order valence-corrected chi connectivity index (χ3v) is 3.12. The Morgan fingerprint density at radius 3 is 2.32 bits per heavy atom. The van der Waals surface area contributed by atoms with Crippen LogP contribution >= 0.6 is 0 Å². The van der Waals surface area contributed by atoms with E-state index in [4.69, 9.17) is 5.73 Å². The predicted molar refractivity (Wildman–Crippen MR) is 79.9 cm³/mol. The average Bonchev–Trinajstić information content (AvgIpc) is 2.26. The number of aromatic nitrogens is 2. The molecule has 2 aromatic rings. The molecule has 0 saturated heterocycles. The van der Waals surface area contributed by atoms with Crippen LogP contribution < -0.4 is 5.73 Å². The highest BCUT2D eigenvalue weighted by molar-refractivity contribution is 5.65. The first-order valence-electron chi connectivity index (χ1n) is 6.67. The van der Waals surface area contributed by atoms with Crippen molar-refractivity contribution in [1.29, 1.82) is 0 Å².